The first-order valence-corrected chi connectivity index (χ1v) is 5.89. The second-order valence-electron chi connectivity index (χ2n) is 4.57. The van der Waals surface area contributed by atoms with Gasteiger partial charge < -0.3 is 5.11 Å². The molecule has 5 nitrogen and oxygen atoms in total. The van der Waals surface area contributed by atoms with Crippen molar-refractivity contribution in [2.24, 2.45) is 0 Å². The fourth-order valence-corrected chi connectivity index (χ4v) is 2.23. The number of hydrogen-bond acceptors (Lipinski definition) is 4. The molecule has 0 saturated carbocycles. The van der Waals surface area contributed by atoms with Crippen molar-refractivity contribution in [1.29, 1.82) is 0 Å². The summed E-state index contributed by atoms with van der Waals surface area (Å²) >= 11 is 0. The Labute approximate surface area is 104 Å². The number of likely N-dealkylation sites (tertiary alicyclic amines) is 1. The maximum absolute atomic E-state index is 13.4. The van der Waals surface area contributed by atoms with Gasteiger partial charge in [-0.05, 0) is 31.0 Å². The van der Waals surface area contributed by atoms with Crippen LogP contribution in [0, 0.1) is 15.9 Å². The molecule has 1 aliphatic heterocycles. The van der Waals surface area contributed by atoms with Crippen LogP contribution in [0.25, 0.3) is 0 Å². The number of hydrogen-bond donors (Lipinski definition) is 1. The number of rotatable bonds is 3. The van der Waals surface area contributed by atoms with Gasteiger partial charge in [-0.3, -0.25) is 15.0 Å². The van der Waals surface area contributed by atoms with Crippen molar-refractivity contribution in [3.8, 4) is 0 Å². The molecule has 1 saturated heterocycles. The minimum Gasteiger partial charge on any atom is -0.392 e. The maximum Gasteiger partial charge on any atom is 0.304 e. The summed E-state index contributed by atoms with van der Waals surface area (Å²) in [6.07, 6.45) is 1.38. The van der Waals surface area contributed by atoms with Gasteiger partial charge >= 0.3 is 5.69 Å². The van der Waals surface area contributed by atoms with Crippen molar-refractivity contribution in [3.63, 3.8) is 0 Å². The van der Waals surface area contributed by atoms with E-state index in [4.69, 9.17) is 0 Å². The van der Waals surface area contributed by atoms with Gasteiger partial charge in [0.05, 0.1) is 11.0 Å². The minimum absolute atomic E-state index is 0.332. The van der Waals surface area contributed by atoms with Crippen molar-refractivity contribution >= 4 is 5.69 Å². The predicted molar refractivity (Wildman–Crippen MR) is 63.6 cm³/mol. The lowest BCUT2D eigenvalue weighted by Crippen LogP contribution is -2.37. The summed E-state index contributed by atoms with van der Waals surface area (Å²) in [5.74, 6) is -0.810. The number of benzene rings is 1. The average molecular weight is 254 g/mol. The lowest BCUT2D eigenvalue weighted by Gasteiger charge is -2.29. The molecule has 0 aliphatic carbocycles. The number of aliphatic hydroxyl groups is 1. The Hall–Kier alpha value is -1.53. The molecular weight excluding hydrogens is 239 g/mol. The largest absolute Gasteiger partial charge is 0.392 e. The molecule has 1 N–H and O–H groups in total. The molecule has 0 bridgehead atoms. The Morgan fingerprint density at radius 1 is 1.56 bits per heavy atom. The molecule has 0 radical (unpaired) electrons. The molecular formula is C12H15FN2O3. The topological polar surface area (TPSA) is 66.6 Å². The van der Waals surface area contributed by atoms with E-state index in [0.717, 1.165) is 19.4 Å². The summed E-state index contributed by atoms with van der Waals surface area (Å²) < 4.78 is 13.4. The number of nitro benzene ring substituents is 1. The zero-order valence-electron chi connectivity index (χ0n) is 9.88. The summed E-state index contributed by atoms with van der Waals surface area (Å²) in [6.45, 7) is 1.93. The third kappa shape index (κ3) is 3.02. The molecule has 2 rings (SSSR count). The second kappa shape index (κ2) is 5.41. The average Bonchev–Trinajstić information content (AvgIpc) is 2.28. The van der Waals surface area contributed by atoms with Crippen LogP contribution in [0.2, 0.25) is 0 Å². The quantitative estimate of drug-likeness (QED) is 0.658. The van der Waals surface area contributed by atoms with E-state index < -0.39 is 16.4 Å². The molecule has 1 aromatic rings. The van der Waals surface area contributed by atoms with E-state index in [1.54, 1.807) is 6.07 Å². The Morgan fingerprint density at radius 3 is 2.94 bits per heavy atom. The molecule has 1 atom stereocenters. The van der Waals surface area contributed by atoms with Gasteiger partial charge in [-0.1, -0.05) is 6.07 Å². The number of aliphatic hydroxyl groups excluding tert-OH is 1. The van der Waals surface area contributed by atoms with Crippen molar-refractivity contribution in [2.45, 2.75) is 25.5 Å². The van der Waals surface area contributed by atoms with Gasteiger partial charge in [0.2, 0.25) is 5.82 Å². The monoisotopic (exact) mass is 254 g/mol. The molecule has 1 fully saturated rings. The maximum atomic E-state index is 13.4. The highest BCUT2D eigenvalue weighted by atomic mass is 19.1. The molecule has 1 unspecified atom stereocenters. The fourth-order valence-electron chi connectivity index (χ4n) is 2.23. The lowest BCUT2D eigenvalue weighted by atomic mass is 10.1. The molecule has 1 aliphatic rings. The van der Waals surface area contributed by atoms with Crippen LogP contribution in [-0.4, -0.2) is 34.1 Å². The molecule has 18 heavy (non-hydrogen) atoms. The van der Waals surface area contributed by atoms with Crippen LogP contribution >= 0.6 is 0 Å². The van der Waals surface area contributed by atoms with Crippen LogP contribution in [0.4, 0.5) is 10.1 Å². The fraction of sp³-hybridized carbons (Fsp3) is 0.500. The zero-order valence-corrected chi connectivity index (χ0v) is 9.88. The van der Waals surface area contributed by atoms with Crippen LogP contribution in [0.3, 0.4) is 0 Å². The highest BCUT2D eigenvalue weighted by Gasteiger charge is 2.19. The van der Waals surface area contributed by atoms with Crippen LogP contribution in [0.15, 0.2) is 18.2 Å². The van der Waals surface area contributed by atoms with Crippen molar-refractivity contribution < 1.29 is 14.4 Å². The molecule has 1 heterocycles. The number of nitrogens with zero attached hydrogens (tertiary/aromatic N) is 2. The molecule has 1 aromatic carbocycles. The van der Waals surface area contributed by atoms with Gasteiger partial charge in [0.15, 0.2) is 0 Å². The summed E-state index contributed by atoms with van der Waals surface area (Å²) in [5, 5.41) is 20.0. The Morgan fingerprint density at radius 2 is 2.33 bits per heavy atom. The SMILES string of the molecule is O=[N+]([O-])c1ccc(CN2CCCC(O)C2)cc1F. The lowest BCUT2D eigenvalue weighted by molar-refractivity contribution is -0.387. The number of halogens is 1. The summed E-state index contributed by atoms with van der Waals surface area (Å²) in [6, 6.07) is 3.94. The van der Waals surface area contributed by atoms with Crippen LogP contribution in [0.5, 0.6) is 0 Å². The van der Waals surface area contributed by atoms with E-state index in [1.165, 1.54) is 12.1 Å². The Bertz CT molecular complexity index is 453. The van der Waals surface area contributed by atoms with Gasteiger partial charge in [-0.2, -0.15) is 4.39 Å². The van der Waals surface area contributed by atoms with Crippen LogP contribution in [-0.2, 0) is 6.54 Å². The third-order valence-electron chi connectivity index (χ3n) is 3.10. The summed E-state index contributed by atoms with van der Waals surface area (Å²) in [7, 11) is 0. The van der Waals surface area contributed by atoms with Crippen LogP contribution in [0.1, 0.15) is 18.4 Å². The molecule has 0 amide bonds. The molecule has 0 aromatic heterocycles. The summed E-state index contributed by atoms with van der Waals surface area (Å²) in [4.78, 5) is 11.8. The van der Waals surface area contributed by atoms with E-state index in [-0.39, 0.29) is 6.10 Å². The highest BCUT2D eigenvalue weighted by molar-refractivity contribution is 5.34. The van der Waals surface area contributed by atoms with Gasteiger partial charge in [-0.15, -0.1) is 0 Å². The van der Waals surface area contributed by atoms with Crippen LogP contribution < -0.4 is 0 Å². The smallest absolute Gasteiger partial charge is 0.304 e. The van der Waals surface area contributed by atoms with E-state index in [9.17, 15) is 19.6 Å². The van der Waals surface area contributed by atoms with Gasteiger partial charge in [-0.25, -0.2) is 0 Å². The van der Waals surface area contributed by atoms with E-state index >= 15 is 0 Å². The number of nitro groups is 1. The van der Waals surface area contributed by atoms with Gasteiger partial charge in [0.1, 0.15) is 0 Å². The first kappa shape index (κ1) is 12.9. The van der Waals surface area contributed by atoms with E-state index in [1.807, 2.05) is 4.90 Å². The first-order chi connectivity index (χ1) is 8.56. The Balaban J connectivity index is 2.05. The standard InChI is InChI=1S/C12H15FN2O3/c13-11-6-9(3-4-12(11)15(17)18)7-14-5-1-2-10(16)8-14/h3-4,6,10,16H,1-2,5,7-8H2. The predicted octanol–water partition coefficient (Wildman–Crippen LogP) is 1.69. The van der Waals surface area contributed by atoms with E-state index in [0.29, 0.717) is 18.7 Å². The van der Waals surface area contributed by atoms with E-state index in [2.05, 4.69) is 0 Å². The Kier molecular flexibility index (Phi) is 3.88. The number of piperidine rings is 1. The number of β-amino-alcohol motifs (C(OH)–C–C–N with tert-alkyl or cyclic N) is 1. The third-order valence-corrected chi connectivity index (χ3v) is 3.10. The van der Waals surface area contributed by atoms with Gasteiger partial charge in [0, 0.05) is 19.2 Å². The molecule has 98 valence electrons. The van der Waals surface area contributed by atoms with Gasteiger partial charge in [0.25, 0.3) is 0 Å². The zero-order chi connectivity index (χ0) is 13.1. The molecule has 6 heteroatoms. The van der Waals surface area contributed by atoms with Crippen molar-refractivity contribution in [3.05, 3.63) is 39.7 Å². The second-order valence-corrected chi connectivity index (χ2v) is 4.57. The normalized spacial score (nSPS) is 20.9. The summed E-state index contributed by atoms with van der Waals surface area (Å²) in [5.41, 5.74) is 0.185. The highest BCUT2D eigenvalue weighted by Crippen LogP contribution is 2.20. The minimum atomic E-state index is -0.810. The molecule has 0 spiro atoms. The first-order valence-electron chi connectivity index (χ1n) is 5.89. The van der Waals surface area contributed by atoms with Crippen molar-refractivity contribution in [1.82, 2.24) is 4.90 Å². The van der Waals surface area contributed by atoms with Crippen molar-refractivity contribution in [2.75, 3.05) is 13.1 Å².